The first kappa shape index (κ1) is 11.7. The number of hydrogen-bond acceptors (Lipinski definition) is 3. The molecule has 1 rings (SSSR count). The van der Waals surface area contributed by atoms with Gasteiger partial charge in [-0.2, -0.15) is 0 Å². The van der Waals surface area contributed by atoms with Crippen molar-refractivity contribution in [3.63, 3.8) is 0 Å². The average Bonchev–Trinajstić information content (AvgIpc) is 2.51. The van der Waals surface area contributed by atoms with Crippen molar-refractivity contribution in [3.8, 4) is 0 Å². The van der Waals surface area contributed by atoms with Crippen molar-refractivity contribution in [1.29, 1.82) is 0 Å². The first-order chi connectivity index (χ1) is 6.99. The fourth-order valence-corrected chi connectivity index (χ4v) is 1.72. The summed E-state index contributed by atoms with van der Waals surface area (Å²) in [6.07, 6.45) is 0.868. The Morgan fingerprint density at radius 1 is 1.60 bits per heavy atom. The van der Waals surface area contributed by atoms with Crippen LogP contribution >= 0.6 is 0 Å². The van der Waals surface area contributed by atoms with E-state index in [0.29, 0.717) is 13.1 Å². The van der Waals surface area contributed by atoms with Crippen LogP contribution in [0.1, 0.15) is 13.3 Å². The van der Waals surface area contributed by atoms with E-state index >= 15 is 0 Å². The summed E-state index contributed by atoms with van der Waals surface area (Å²) in [5.41, 5.74) is 0.193. The van der Waals surface area contributed by atoms with Crippen LogP contribution < -0.4 is 5.32 Å². The van der Waals surface area contributed by atoms with E-state index in [1.165, 1.54) is 6.92 Å². The highest BCUT2D eigenvalue weighted by atomic mass is 16.4. The van der Waals surface area contributed by atoms with Crippen LogP contribution in [0.3, 0.4) is 0 Å². The molecule has 2 N–H and O–H groups in total. The number of nitrogens with zero attached hydrogens (tertiary/aromatic N) is 1. The third kappa shape index (κ3) is 3.71. The Morgan fingerprint density at radius 2 is 2.27 bits per heavy atom. The van der Waals surface area contributed by atoms with Gasteiger partial charge in [0.05, 0.1) is 0 Å². The van der Waals surface area contributed by atoms with Gasteiger partial charge in [0.1, 0.15) is 0 Å². The van der Waals surface area contributed by atoms with E-state index in [0.717, 1.165) is 13.0 Å². The van der Waals surface area contributed by atoms with Crippen molar-refractivity contribution in [2.45, 2.75) is 19.4 Å². The minimum Gasteiger partial charge on any atom is -0.478 e. The van der Waals surface area contributed by atoms with E-state index in [9.17, 15) is 9.59 Å². The number of nitrogens with one attached hydrogen (secondary N) is 1. The van der Waals surface area contributed by atoms with E-state index in [1.807, 2.05) is 4.90 Å². The van der Waals surface area contributed by atoms with Gasteiger partial charge in [-0.05, 0) is 6.42 Å². The number of hydrogen-bond donors (Lipinski definition) is 2. The summed E-state index contributed by atoms with van der Waals surface area (Å²) in [5, 5.41) is 11.5. The highest BCUT2D eigenvalue weighted by Gasteiger charge is 2.24. The molecule has 1 saturated heterocycles. The second kappa shape index (κ2) is 4.93. The van der Waals surface area contributed by atoms with Crippen LogP contribution in [-0.4, -0.2) is 47.6 Å². The molecule has 5 heteroatoms. The number of rotatable bonds is 4. The Kier molecular flexibility index (Phi) is 3.85. The summed E-state index contributed by atoms with van der Waals surface area (Å²) in [6.45, 7) is 6.83. The molecule has 1 heterocycles. The van der Waals surface area contributed by atoms with Crippen LogP contribution in [0.25, 0.3) is 0 Å². The highest BCUT2D eigenvalue weighted by molar-refractivity contribution is 5.86. The van der Waals surface area contributed by atoms with Gasteiger partial charge in [-0.25, -0.2) is 4.79 Å². The molecule has 1 aliphatic heterocycles. The summed E-state index contributed by atoms with van der Waals surface area (Å²) in [6, 6.07) is 0.143. The molecule has 0 spiro atoms. The Bertz CT molecular complexity index is 288. The number of aliphatic carboxylic acids is 1. The van der Waals surface area contributed by atoms with Crippen LogP contribution in [0.15, 0.2) is 12.2 Å². The lowest BCUT2D eigenvalue weighted by Crippen LogP contribution is -2.36. The second-order valence-corrected chi connectivity index (χ2v) is 3.83. The quantitative estimate of drug-likeness (QED) is 0.635. The molecule has 0 aromatic carbocycles. The Balaban J connectivity index is 2.33. The third-order valence-electron chi connectivity index (χ3n) is 2.40. The Morgan fingerprint density at radius 3 is 2.80 bits per heavy atom. The fraction of sp³-hybridized carbons (Fsp3) is 0.600. The SMILES string of the molecule is C=C(CN1CCC(NC(C)=O)C1)C(=O)O. The van der Waals surface area contributed by atoms with Gasteiger partial charge >= 0.3 is 5.97 Å². The van der Waals surface area contributed by atoms with Crippen molar-refractivity contribution in [1.82, 2.24) is 10.2 Å². The van der Waals surface area contributed by atoms with Gasteiger partial charge < -0.3 is 10.4 Å². The molecule has 1 atom stereocenters. The number of carbonyl (C=O) groups is 2. The molecule has 84 valence electrons. The van der Waals surface area contributed by atoms with Gasteiger partial charge in [-0.1, -0.05) is 6.58 Å². The lowest BCUT2D eigenvalue weighted by Gasteiger charge is -2.15. The number of likely N-dealkylation sites (tertiary alicyclic amines) is 1. The minimum absolute atomic E-state index is 0.0427. The number of carboxylic acids is 1. The summed E-state index contributed by atoms with van der Waals surface area (Å²) in [4.78, 5) is 23.3. The van der Waals surface area contributed by atoms with Crippen molar-refractivity contribution in [3.05, 3.63) is 12.2 Å². The van der Waals surface area contributed by atoms with Crippen molar-refractivity contribution in [2.24, 2.45) is 0 Å². The molecule has 0 aromatic heterocycles. The molecule has 0 aromatic rings. The molecule has 1 aliphatic rings. The topological polar surface area (TPSA) is 69.6 Å². The predicted molar refractivity (Wildman–Crippen MR) is 55.4 cm³/mol. The molecule has 0 radical (unpaired) electrons. The minimum atomic E-state index is -0.960. The first-order valence-electron chi connectivity index (χ1n) is 4.89. The van der Waals surface area contributed by atoms with E-state index in [-0.39, 0.29) is 17.5 Å². The smallest absolute Gasteiger partial charge is 0.332 e. The van der Waals surface area contributed by atoms with Crippen LogP contribution in [0.4, 0.5) is 0 Å². The number of amides is 1. The van der Waals surface area contributed by atoms with Gasteiger partial charge in [0, 0.05) is 38.2 Å². The number of carboxylic acid groups (broad SMARTS) is 1. The number of carbonyl (C=O) groups excluding carboxylic acids is 1. The highest BCUT2D eigenvalue weighted by Crippen LogP contribution is 2.10. The molecule has 1 unspecified atom stereocenters. The molecule has 1 amide bonds. The maximum absolute atomic E-state index is 10.8. The Hall–Kier alpha value is -1.36. The summed E-state index contributed by atoms with van der Waals surface area (Å²) in [7, 11) is 0. The Labute approximate surface area is 88.8 Å². The van der Waals surface area contributed by atoms with Gasteiger partial charge in [0.2, 0.25) is 5.91 Å². The normalized spacial score (nSPS) is 21.3. The molecule has 15 heavy (non-hydrogen) atoms. The molecular formula is C10H16N2O3. The molecule has 0 aliphatic carbocycles. The zero-order valence-corrected chi connectivity index (χ0v) is 8.82. The standard InChI is InChI=1S/C10H16N2O3/c1-7(10(14)15)5-12-4-3-9(6-12)11-8(2)13/h9H,1,3-6H2,2H3,(H,11,13)(H,14,15). The van der Waals surface area contributed by atoms with E-state index in [4.69, 9.17) is 5.11 Å². The molecule has 0 bridgehead atoms. The average molecular weight is 212 g/mol. The van der Waals surface area contributed by atoms with Crippen molar-refractivity contribution in [2.75, 3.05) is 19.6 Å². The van der Waals surface area contributed by atoms with Gasteiger partial charge in [-0.15, -0.1) is 0 Å². The molecule has 0 saturated carbocycles. The molecule has 5 nitrogen and oxygen atoms in total. The van der Waals surface area contributed by atoms with Gasteiger partial charge in [0.15, 0.2) is 0 Å². The summed E-state index contributed by atoms with van der Waals surface area (Å²) < 4.78 is 0. The second-order valence-electron chi connectivity index (χ2n) is 3.83. The third-order valence-corrected chi connectivity index (χ3v) is 2.40. The lowest BCUT2D eigenvalue weighted by atomic mass is 10.2. The van der Waals surface area contributed by atoms with Crippen molar-refractivity contribution >= 4 is 11.9 Å². The van der Waals surface area contributed by atoms with E-state index in [1.54, 1.807) is 0 Å². The summed E-state index contributed by atoms with van der Waals surface area (Å²) >= 11 is 0. The van der Waals surface area contributed by atoms with E-state index in [2.05, 4.69) is 11.9 Å². The zero-order chi connectivity index (χ0) is 11.4. The van der Waals surface area contributed by atoms with E-state index < -0.39 is 5.97 Å². The predicted octanol–water partition coefficient (Wildman–Crippen LogP) is -0.162. The van der Waals surface area contributed by atoms with Crippen LogP contribution in [0.5, 0.6) is 0 Å². The molecular weight excluding hydrogens is 196 g/mol. The summed E-state index contributed by atoms with van der Waals surface area (Å²) in [5.74, 6) is -1.00. The maximum atomic E-state index is 10.8. The maximum Gasteiger partial charge on any atom is 0.332 e. The zero-order valence-electron chi connectivity index (χ0n) is 8.82. The first-order valence-corrected chi connectivity index (χ1v) is 4.89. The monoisotopic (exact) mass is 212 g/mol. The van der Waals surface area contributed by atoms with Crippen molar-refractivity contribution < 1.29 is 14.7 Å². The van der Waals surface area contributed by atoms with Crippen LogP contribution in [-0.2, 0) is 9.59 Å². The van der Waals surface area contributed by atoms with Gasteiger partial charge in [0.25, 0.3) is 0 Å². The fourth-order valence-electron chi connectivity index (χ4n) is 1.72. The van der Waals surface area contributed by atoms with Gasteiger partial charge in [-0.3, -0.25) is 9.69 Å². The van der Waals surface area contributed by atoms with Crippen LogP contribution in [0, 0.1) is 0 Å². The largest absolute Gasteiger partial charge is 0.478 e. The lowest BCUT2D eigenvalue weighted by molar-refractivity contribution is -0.133. The van der Waals surface area contributed by atoms with Crippen LogP contribution in [0.2, 0.25) is 0 Å². The molecule has 1 fully saturated rings.